The standard InChI is InChI=1S/C14H15N3O3S/c1-2-11(12(18)17-14-16-6-7-21-14)20-13(19)9-4-3-5-10(15)8-9/h3-8,11H,2,15H2,1H3,(H,16,17,18). The first-order valence-corrected chi connectivity index (χ1v) is 7.25. The lowest BCUT2D eigenvalue weighted by Crippen LogP contribution is -2.32. The minimum absolute atomic E-state index is 0.315. The Kier molecular flexibility index (Phi) is 4.89. The third kappa shape index (κ3) is 4.03. The number of rotatable bonds is 5. The fourth-order valence-electron chi connectivity index (χ4n) is 1.66. The van der Waals surface area contributed by atoms with Crippen LogP contribution in [0, 0.1) is 0 Å². The predicted molar refractivity (Wildman–Crippen MR) is 81.1 cm³/mol. The number of carbonyl (C=O) groups is 2. The van der Waals surface area contributed by atoms with Gasteiger partial charge in [-0.15, -0.1) is 11.3 Å². The molecule has 0 spiro atoms. The molecule has 6 nitrogen and oxygen atoms in total. The van der Waals surface area contributed by atoms with Crippen LogP contribution in [0.3, 0.4) is 0 Å². The first kappa shape index (κ1) is 15.0. The Morgan fingerprint density at radius 3 is 2.90 bits per heavy atom. The molecule has 1 unspecified atom stereocenters. The summed E-state index contributed by atoms with van der Waals surface area (Å²) < 4.78 is 5.22. The molecule has 0 aliphatic rings. The summed E-state index contributed by atoms with van der Waals surface area (Å²) in [5.74, 6) is -0.979. The number of hydrogen-bond donors (Lipinski definition) is 2. The Morgan fingerprint density at radius 1 is 1.48 bits per heavy atom. The van der Waals surface area contributed by atoms with E-state index >= 15 is 0 Å². The lowest BCUT2D eigenvalue weighted by atomic mass is 10.2. The van der Waals surface area contributed by atoms with Crippen LogP contribution in [0.25, 0.3) is 0 Å². The SMILES string of the molecule is CCC(OC(=O)c1cccc(N)c1)C(=O)Nc1nccs1. The number of aromatic nitrogens is 1. The zero-order valence-electron chi connectivity index (χ0n) is 11.4. The van der Waals surface area contributed by atoms with E-state index in [9.17, 15) is 9.59 Å². The first-order valence-electron chi connectivity index (χ1n) is 6.37. The second-order valence-corrected chi connectivity index (χ2v) is 5.15. The highest BCUT2D eigenvalue weighted by molar-refractivity contribution is 7.13. The van der Waals surface area contributed by atoms with Crippen molar-refractivity contribution in [2.75, 3.05) is 11.1 Å². The molecule has 0 aliphatic heterocycles. The van der Waals surface area contributed by atoms with Crippen LogP contribution >= 0.6 is 11.3 Å². The van der Waals surface area contributed by atoms with Gasteiger partial charge in [0.25, 0.3) is 5.91 Å². The first-order chi connectivity index (χ1) is 10.1. The van der Waals surface area contributed by atoms with E-state index in [-0.39, 0.29) is 0 Å². The smallest absolute Gasteiger partial charge is 0.338 e. The van der Waals surface area contributed by atoms with Crippen LogP contribution in [0.4, 0.5) is 10.8 Å². The summed E-state index contributed by atoms with van der Waals surface area (Å²) in [7, 11) is 0. The number of benzene rings is 1. The molecule has 0 saturated heterocycles. The molecule has 0 radical (unpaired) electrons. The van der Waals surface area contributed by atoms with Crippen LogP contribution < -0.4 is 11.1 Å². The van der Waals surface area contributed by atoms with E-state index < -0.39 is 18.0 Å². The van der Waals surface area contributed by atoms with Gasteiger partial charge in [-0.3, -0.25) is 10.1 Å². The maximum absolute atomic E-state index is 12.0. The summed E-state index contributed by atoms with van der Waals surface area (Å²) in [6, 6.07) is 6.42. The number of nitrogens with zero attached hydrogens (tertiary/aromatic N) is 1. The highest BCUT2D eigenvalue weighted by atomic mass is 32.1. The molecule has 7 heteroatoms. The minimum atomic E-state index is -0.872. The van der Waals surface area contributed by atoms with E-state index in [0.29, 0.717) is 22.8 Å². The fourth-order valence-corrected chi connectivity index (χ4v) is 2.19. The summed E-state index contributed by atoms with van der Waals surface area (Å²) in [4.78, 5) is 28.0. The van der Waals surface area contributed by atoms with Gasteiger partial charge >= 0.3 is 5.97 Å². The molecule has 1 heterocycles. The van der Waals surface area contributed by atoms with E-state index in [1.165, 1.54) is 17.4 Å². The molecule has 0 bridgehead atoms. The van der Waals surface area contributed by atoms with Crippen LogP contribution in [-0.4, -0.2) is 23.0 Å². The molecule has 2 rings (SSSR count). The number of carbonyl (C=O) groups excluding carboxylic acids is 2. The Hall–Kier alpha value is -2.41. The molecule has 3 N–H and O–H groups in total. The molecular formula is C14H15N3O3S. The largest absolute Gasteiger partial charge is 0.449 e. The maximum Gasteiger partial charge on any atom is 0.338 e. The van der Waals surface area contributed by atoms with E-state index in [1.54, 1.807) is 36.7 Å². The number of nitrogen functional groups attached to an aromatic ring is 1. The van der Waals surface area contributed by atoms with Gasteiger partial charge in [-0.2, -0.15) is 0 Å². The molecule has 2 aromatic rings. The molecule has 110 valence electrons. The summed E-state index contributed by atoms with van der Waals surface area (Å²) in [6.07, 6.45) is 1.08. The molecule has 21 heavy (non-hydrogen) atoms. The highest BCUT2D eigenvalue weighted by Crippen LogP contribution is 2.14. The van der Waals surface area contributed by atoms with Crippen LogP contribution in [-0.2, 0) is 9.53 Å². The van der Waals surface area contributed by atoms with Crippen LogP contribution in [0.5, 0.6) is 0 Å². The van der Waals surface area contributed by atoms with E-state index in [0.717, 1.165) is 0 Å². The van der Waals surface area contributed by atoms with E-state index in [4.69, 9.17) is 10.5 Å². The Labute approximate surface area is 125 Å². The number of esters is 1. The van der Waals surface area contributed by atoms with Crippen LogP contribution in [0.2, 0.25) is 0 Å². The summed E-state index contributed by atoms with van der Waals surface area (Å²) in [5.41, 5.74) is 6.39. The van der Waals surface area contributed by atoms with Crippen molar-refractivity contribution in [3.63, 3.8) is 0 Å². The lowest BCUT2D eigenvalue weighted by molar-refractivity contribution is -0.124. The van der Waals surface area contributed by atoms with Gasteiger partial charge in [0.05, 0.1) is 5.56 Å². The molecule has 1 aromatic heterocycles. The molecule has 0 aliphatic carbocycles. The molecule has 1 amide bonds. The van der Waals surface area contributed by atoms with Gasteiger partial charge in [0, 0.05) is 17.3 Å². The predicted octanol–water partition coefficient (Wildman–Crippen LogP) is 2.30. The molecule has 0 saturated carbocycles. The molecule has 0 fully saturated rings. The molecule has 1 aromatic carbocycles. The quantitative estimate of drug-likeness (QED) is 0.653. The van der Waals surface area contributed by atoms with Crippen molar-refractivity contribution < 1.29 is 14.3 Å². The zero-order chi connectivity index (χ0) is 15.2. The van der Waals surface area contributed by atoms with Crippen molar-refractivity contribution in [1.29, 1.82) is 0 Å². The minimum Gasteiger partial charge on any atom is -0.449 e. The van der Waals surface area contributed by atoms with Gasteiger partial charge in [0.1, 0.15) is 0 Å². The average molecular weight is 305 g/mol. The van der Waals surface area contributed by atoms with Crippen molar-refractivity contribution >= 4 is 34.0 Å². The second-order valence-electron chi connectivity index (χ2n) is 4.25. The summed E-state index contributed by atoms with van der Waals surface area (Å²) >= 11 is 1.30. The van der Waals surface area contributed by atoms with Gasteiger partial charge in [-0.25, -0.2) is 9.78 Å². The number of thiazole rings is 1. The third-order valence-electron chi connectivity index (χ3n) is 2.70. The van der Waals surface area contributed by atoms with Crippen molar-refractivity contribution in [1.82, 2.24) is 4.98 Å². The second kappa shape index (κ2) is 6.85. The van der Waals surface area contributed by atoms with E-state index in [2.05, 4.69) is 10.3 Å². The number of hydrogen-bond acceptors (Lipinski definition) is 6. The van der Waals surface area contributed by atoms with Gasteiger partial charge < -0.3 is 10.5 Å². The zero-order valence-corrected chi connectivity index (χ0v) is 12.2. The van der Waals surface area contributed by atoms with Gasteiger partial charge in [0.15, 0.2) is 11.2 Å². The maximum atomic E-state index is 12.0. The Balaban J connectivity index is 2.01. The van der Waals surface area contributed by atoms with E-state index in [1.807, 2.05) is 0 Å². The number of nitrogens with two attached hydrogens (primary N) is 1. The highest BCUT2D eigenvalue weighted by Gasteiger charge is 2.22. The summed E-state index contributed by atoms with van der Waals surface area (Å²) in [5, 5.41) is 4.82. The lowest BCUT2D eigenvalue weighted by Gasteiger charge is -2.15. The van der Waals surface area contributed by atoms with Crippen LogP contribution in [0.15, 0.2) is 35.8 Å². The van der Waals surface area contributed by atoms with Crippen molar-refractivity contribution in [2.24, 2.45) is 0 Å². The number of amides is 1. The Bertz CT molecular complexity index is 628. The van der Waals surface area contributed by atoms with Gasteiger partial charge in [-0.05, 0) is 24.6 Å². The van der Waals surface area contributed by atoms with Gasteiger partial charge in [0.2, 0.25) is 0 Å². The van der Waals surface area contributed by atoms with Crippen molar-refractivity contribution in [3.8, 4) is 0 Å². The van der Waals surface area contributed by atoms with Crippen LogP contribution in [0.1, 0.15) is 23.7 Å². The molecule has 1 atom stereocenters. The number of nitrogens with one attached hydrogen (secondary N) is 1. The summed E-state index contributed by atoms with van der Waals surface area (Å²) in [6.45, 7) is 1.76. The third-order valence-corrected chi connectivity index (χ3v) is 3.39. The number of anilines is 2. The topological polar surface area (TPSA) is 94.3 Å². The monoisotopic (exact) mass is 305 g/mol. The fraction of sp³-hybridized carbons (Fsp3) is 0.214. The average Bonchev–Trinajstić information content (AvgIpc) is 2.97. The number of ether oxygens (including phenoxy) is 1. The Morgan fingerprint density at radius 2 is 2.29 bits per heavy atom. The van der Waals surface area contributed by atoms with Gasteiger partial charge in [-0.1, -0.05) is 13.0 Å². The van der Waals surface area contributed by atoms with Crippen molar-refractivity contribution in [3.05, 3.63) is 41.4 Å². The molecular weight excluding hydrogens is 290 g/mol. The normalized spacial score (nSPS) is 11.7. The van der Waals surface area contributed by atoms with Crippen molar-refractivity contribution in [2.45, 2.75) is 19.4 Å².